The van der Waals surface area contributed by atoms with E-state index in [2.05, 4.69) is 16.8 Å². The molecule has 0 fully saturated rings. The van der Waals surface area contributed by atoms with Gasteiger partial charge in [0.15, 0.2) is 0 Å². The van der Waals surface area contributed by atoms with Crippen LogP contribution in [0, 0.1) is 0 Å². The van der Waals surface area contributed by atoms with E-state index in [1.807, 2.05) is 0 Å². The lowest BCUT2D eigenvalue weighted by Crippen LogP contribution is -2.36. The van der Waals surface area contributed by atoms with Crippen LogP contribution in [0.15, 0.2) is 11.4 Å². The molecule has 2 rings (SSSR count). The molecule has 0 saturated carbocycles. The zero-order chi connectivity index (χ0) is 10.8. The van der Waals surface area contributed by atoms with Gasteiger partial charge in [0.1, 0.15) is 0 Å². The topological polar surface area (TPSA) is 12.0 Å². The molecule has 1 nitrogen and oxygen atoms in total. The van der Waals surface area contributed by atoms with Gasteiger partial charge in [-0.05, 0) is 43.2 Å². The standard InChI is InChI=1S/C11H15F2NS/c1-7(11(12)13)14-9-3-2-4-10-8(9)5-6-15-10/h5-7,9,11,14H,2-4H2,1H3. The minimum Gasteiger partial charge on any atom is -0.302 e. The molecule has 15 heavy (non-hydrogen) atoms. The molecule has 1 aromatic rings. The summed E-state index contributed by atoms with van der Waals surface area (Å²) in [7, 11) is 0. The Hall–Kier alpha value is -0.480. The summed E-state index contributed by atoms with van der Waals surface area (Å²) in [5.41, 5.74) is 1.23. The van der Waals surface area contributed by atoms with Gasteiger partial charge >= 0.3 is 0 Å². The Balaban J connectivity index is 2.06. The fourth-order valence-electron chi connectivity index (χ4n) is 2.05. The first-order valence-corrected chi connectivity index (χ1v) is 6.17. The molecule has 0 saturated heterocycles. The van der Waals surface area contributed by atoms with E-state index >= 15 is 0 Å². The molecule has 0 bridgehead atoms. The Labute approximate surface area is 92.5 Å². The summed E-state index contributed by atoms with van der Waals surface area (Å²) in [6, 6.07) is 1.47. The van der Waals surface area contributed by atoms with Crippen molar-refractivity contribution in [3.8, 4) is 0 Å². The smallest absolute Gasteiger partial charge is 0.253 e. The van der Waals surface area contributed by atoms with Crippen molar-refractivity contribution >= 4 is 11.3 Å². The highest BCUT2D eigenvalue weighted by Gasteiger charge is 2.25. The van der Waals surface area contributed by atoms with Crippen LogP contribution >= 0.6 is 11.3 Å². The molecule has 1 heterocycles. The number of fused-ring (bicyclic) bond motifs is 1. The molecule has 0 amide bonds. The predicted molar refractivity (Wildman–Crippen MR) is 58.6 cm³/mol. The molecular weight excluding hydrogens is 216 g/mol. The third-order valence-electron chi connectivity index (χ3n) is 2.89. The Morgan fingerprint density at radius 1 is 1.53 bits per heavy atom. The Morgan fingerprint density at radius 2 is 2.33 bits per heavy atom. The molecular formula is C11H15F2NS. The number of alkyl halides is 2. The van der Waals surface area contributed by atoms with Crippen LogP contribution in [0.25, 0.3) is 0 Å². The average Bonchev–Trinajstić information content (AvgIpc) is 2.66. The minimum atomic E-state index is -2.28. The van der Waals surface area contributed by atoms with E-state index in [0.717, 1.165) is 19.3 Å². The van der Waals surface area contributed by atoms with Gasteiger partial charge in [0.25, 0.3) is 6.43 Å². The molecule has 0 radical (unpaired) electrons. The lowest BCUT2D eigenvalue weighted by atomic mass is 9.93. The Bertz CT molecular complexity index is 324. The molecule has 84 valence electrons. The van der Waals surface area contributed by atoms with E-state index in [-0.39, 0.29) is 6.04 Å². The van der Waals surface area contributed by atoms with E-state index in [0.29, 0.717) is 0 Å². The Morgan fingerprint density at radius 3 is 3.07 bits per heavy atom. The molecule has 2 unspecified atom stereocenters. The molecule has 1 aromatic heterocycles. The fraction of sp³-hybridized carbons (Fsp3) is 0.636. The predicted octanol–water partition coefficient (Wildman–Crippen LogP) is 3.37. The van der Waals surface area contributed by atoms with Crippen LogP contribution in [-0.4, -0.2) is 12.5 Å². The zero-order valence-electron chi connectivity index (χ0n) is 8.67. The highest BCUT2D eigenvalue weighted by Crippen LogP contribution is 2.33. The highest BCUT2D eigenvalue weighted by atomic mass is 32.1. The second kappa shape index (κ2) is 4.58. The second-order valence-electron chi connectivity index (χ2n) is 4.03. The number of thiophene rings is 1. The van der Waals surface area contributed by atoms with Gasteiger partial charge in [0, 0.05) is 10.9 Å². The summed E-state index contributed by atoms with van der Waals surface area (Å²) in [5.74, 6) is 0. The molecule has 0 aromatic carbocycles. The number of nitrogens with one attached hydrogen (secondary N) is 1. The average molecular weight is 231 g/mol. The molecule has 1 aliphatic rings. The van der Waals surface area contributed by atoms with E-state index in [1.165, 1.54) is 10.4 Å². The van der Waals surface area contributed by atoms with Gasteiger partial charge in [-0.2, -0.15) is 0 Å². The van der Waals surface area contributed by atoms with Crippen LogP contribution in [0.4, 0.5) is 8.78 Å². The number of rotatable bonds is 3. The van der Waals surface area contributed by atoms with Gasteiger partial charge in [-0.25, -0.2) is 8.78 Å². The lowest BCUT2D eigenvalue weighted by Gasteiger charge is -2.26. The van der Waals surface area contributed by atoms with Crippen molar-refractivity contribution in [2.24, 2.45) is 0 Å². The second-order valence-corrected chi connectivity index (χ2v) is 5.03. The maximum atomic E-state index is 12.4. The largest absolute Gasteiger partial charge is 0.302 e. The lowest BCUT2D eigenvalue weighted by molar-refractivity contribution is 0.0984. The van der Waals surface area contributed by atoms with E-state index in [4.69, 9.17) is 0 Å². The van der Waals surface area contributed by atoms with E-state index < -0.39 is 12.5 Å². The fourth-order valence-corrected chi connectivity index (χ4v) is 3.04. The van der Waals surface area contributed by atoms with Crippen molar-refractivity contribution < 1.29 is 8.78 Å². The van der Waals surface area contributed by atoms with Gasteiger partial charge in [-0.1, -0.05) is 0 Å². The highest BCUT2D eigenvalue weighted by molar-refractivity contribution is 7.10. The first kappa shape index (κ1) is 11.0. The number of aryl methyl sites for hydroxylation is 1. The van der Waals surface area contributed by atoms with Crippen molar-refractivity contribution in [2.75, 3.05) is 0 Å². The summed E-state index contributed by atoms with van der Waals surface area (Å²) in [4.78, 5) is 1.36. The van der Waals surface area contributed by atoms with Gasteiger partial charge in [0.05, 0.1) is 6.04 Å². The third-order valence-corrected chi connectivity index (χ3v) is 3.89. The summed E-state index contributed by atoms with van der Waals surface area (Å²) >= 11 is 1.74. The van der Waals surface area contributed by atoms with E-state index in [1.54, 1.807) is 18.3 Å². The molecule has 0 spiro atoms. The molecule has 4 heteroatoms. The summed E-state index contributed by atoms with van der Waals surface area (Å²) in [6.07, 6.45) is 0.893. The van der Waals surface area contributed by atoms with Crippen molar-refractivity contribution in [3.05, 3.63) is 21.9 Å². The van der Waals surface area contributed by atoms with Crippen LogP contribution in [-0.2, 0) is 6.42 Å². The van der Waals surface area contributed by atoms with Crippen LogP contribution in [0.5, 0.6) is 0 Å². The van der Waals surface area contributed by atoms with Crippen LogP contribution in [0.2, 0.25) is 0 Å². The maximum absolute atomic E-state index is 12.4. The van der Waals surface area contributed by atoms with Crippen LogP contribution < -0.4 is 5.32 Å². The number of hydrogen-bond acceptors (Lipinski definition) is 2. The van der Waals surface area contributed by atoms with Crippen LogP contribution in [0.3, 0.4) is 0 Å². The first-order valence-electron chi connectivity index (χ1n) is 5.29. The van der Waals surface area contributed by atoms with Gasteiger partial charge in [0.2, 0.25) is 0 Å². The maximum Gasteiger partial charge on any atom is 0.253 e. The van der Waals surface area contributed by atoms with Gasteiger partial charge in [-0.3, -0.25) is 0 Å². The molecule has 1 aliphatic carbocycles. The third kappa shape index (κ3) is 2.37. The van der Waals surface area contributed by atoms with Gasteiger partial charge < -0.3 is 5.32 Å². The zero-order valence-corrected chi connectivity index (χ0v) is 9.49. The van der Waals surface area contributed by atoms with Crippen molar-refractivity contribution in [1.82, 2.24) is 5.32 Å². The SMILES string of the molecule is CC(NC1CCCc2sccc21)C(F)F. The number of hydrogen-bond donors (Lipinski definition) is 1. The Kier molecular flexibility index (Phi) is 3.36. The monoisotopic (exact) mass is 231 g/mol. The van der Waals surface area contributed by atoms with Crippen LogP contribution in [0.1, 0.15) is 36.2 Å². The first-order chi connectivity index (χ1) is 7.18. The normalized spacial score (nSPS) is 22.8. The molecule has 2 atom stereocenters. The molecule has 0 aliphatic heterocycles. The summed E-state index contributed by atoms with van der Waals surface area (Å²) in [6.45, 7) is 1.55. The summed E-state index contributed by atoms with van der Waals surface area (Å²) < 4.78 is 24.9. The summed E-state index contributed by atoms with van der Waals surface area (Å²) in [5, 5.41) is 5.07. The number of halogens is 2. The minimum absolute atomic E-state index is 0.129. The van der Waals surface area contributed by atoms with Gasteiger partial charge in [-0.15, -0.1) is 11.3 Å². The van der Waals surface area contributed by atoms with Crippen molar-refractivity contribution in [3.63, 3.8) is 0 Å². The van der Waals surface area contributed by atoms with Crippen molar-refractivity contribution in [2.45, 2.75) is 44.7 Å². The van der Waals surface area contributed by atoms with E-state index in [9.17, 15) is 8.78 Å². The quantitative estimate of drug-likeness (QED) is 0.841. The van der Waals surface area contributed by atoms with Crippen molar-refractivity contribution in [1.29, 1.82) is 0 Å². The molecule has 1 N–H and O–H groups in total.